The summed E-state index contributed by atoms with van der Waals surface area (Å²) in [6.07, 6.45) is 5.74. The highest BCUT2D eigenvalue weighted by Gasteiger charge is 2.12. The predicted molar refractivity (Wildman–Crippen MR) is 64.7 cm³/mol. The molecular formula is C13H14FN3O. The number of hydrogen-bond acceptors (Lipinski definition) is 3. The van der Waals surface area contributed by atoms with Crippen molar-refractivity contribution in [1.82, 2.24) is 14.5 Å². The zero-order valence-corrected chi connectivity index (χ0v) is 10.1. The summed E-state index contributed by atoms with van der Waals surface area (Å²) < 4.78 is 14.6. The van der Waals surface area contributed by atoms with Gasteiger partial charge in [-0.15, -0.1) is 0 Å². The van der Waals surface area contributed by atoms with Gasteiger partial charge in [0, 0.05) is 18.9 Å². The third-order valence-corrected chi connectivity index (χ3v) is 2.60. The van der Waals surface area contributed by atoms with Gasteiger partial charge in [-0.25, -0.2) is 9.37 Å². The molecule has 0 saturated heterocycles. The third-order valence-electron chi connectivity index (χ3n) is 2.60. The summed E-state index contributed by atoms with van der Waals surface area (Å²) >= 11 is 0. The van der Waals surface area contributed by atoms with Crippen LogP contribution in [0.3, 0.4) is 0 Å². The minimum atomic E-state index is -0.445. The van der Waals surface area contributed by atoms with Gasteiger partial charge in [-0.05, 0) is 18.6 Å². The quantitative estimate of drug-likeness (QED) is 0.761. The van der Waals surface area contributed by atoms with E-state index < -0.39 is 5.82 Å². The Morgan fingerprint density at radius 2 is 2.22 bits per heavy atom. The Hall–Kier alpha value is -2.04. The molecule has 4 nitrogen and oxygen atoms in total. The normalized spacial score (nSPS) is 10.6. The number of rotatable bonds is 5. The maximum Gasteiger partial charge on any atom is 0.188 e. The van der Waals surface area contributed by atoms with Gasteiger partial charge >= 0.3 is 0 Å². The van der Waals surface area contributed by atoms with E-state index >= 15 is 0 Å². The number of imidazole rings is 1. The number of aryl methyl sites for hydroxylation is 1. The number of carbonyl (C=O) groups excluding carboxylic acids is 1. The van der Waals surface area contributed by atoms with E-state index in [1.165, 1.54) is 12.1 Å². The van der Waals surface area contributed by atoms with Gasteiger partial charge in [-0.2, -0.15) is 0 Å². The lowest BCUT2D eigenvalue weighted by atomic mass is 10.2. The molecular weight excluding hydrogens is 233 g/mol. The van der Waals surface area contributed by atoms with Crippen LogP contribution >= 0.6 is 0 Å². The number of aromatic nitrogens is 3. The van der Waals surface area contributed by atoms with Crippen LogP contribution in [0.25, 0.3) is 0 Å². The number of carbonyl (C=O) groups is 1. The number of hydrogen-bond donors (Lipinski definition) is 0. The van der Waals surface area contributed by atoms with Crippen LogP contribution in [0.15, 0.2) is 30.7 Å². The fourth-order valence-corrected chi connectivity index (χ4v) is 1.73. The first-order valence-corrected chi connectivity index (χ1v) is 5.85. The fourth-order valence-electron chi connectivity index (χ4n) is 1.73. The van der Waals surface area contributed by atoms with Crippen LogP contribution in [-0.4, -0.2) is 20.3 Å². The van der Waals surface area contributed by atoms with Crippen LogP contribution in [0.4, 0.5) is 4.39 Å². The van der Waals surface area contributed by atoms with Crippen molar-refractivity contribution in [2.75, 3.05) is 0 Å². The second kappa shape index (κ2) is 5.53. The molecule has 0 bridgehead atoms. The SMILES string of the molecule is CCCn1ccnc1CC(=O)c1ccc(F)cn1. The van der Waals surface area contributed by atoms with Crippen molar-refractivity contribution in [3.05, 3.63) is 48.1 Å². The molecule has 0 atom stereocenters. The number of halogens is 1. The molecule has 0 saturated carbocycles. The average Bonchev–Trinajstić information content (AvgIpc) is 2.78. The van der Waals surface area contributed by atoms with E-state index in [1.807, 2.05) is 10.8 Å². The van der Waals surface area contributed by atoms with Crippen molar-refractivity contribution < 1.29 is 9.18 Å². The lowest BCUT2D eigenvalue weighted by Crippen LogP contribution is -2.11. The molecule has 0 aromatic carbocycles. The molecule has 0 aliphatic carbocycles. The molecule has 0 unspecified atom stereocenters. The molecule has 0 aliphatic rings. The van der Waals surface area contributed by atoms with E-state index in [2.05, 4.69) is 16.9 Å². The average molecular weight is 247 g/mol. The highest BCUT2D eigenvalue weighted by Crippen LogP contribution is 2.06. The first-order valence-electron chi connectivity index (χ1n) is 5.85. The number of pyridine rings is 1. The molecule has 0 radical (unpaired) electrons. The zero-order chi connectivity index (χ0) is 13.0. The van der Waals surface area contributed by atoms with Crippen molar-refractivity contribution in [3.63, 3.8) is 0 Å². The highest BCUT2D eigenvalue weighted by molar-refractivity contribution is 5.95. The monoisotopic (exact) mass is 247 g/mol. The fraction of sp³-hybridized carbons (Fsp3) is 0.308. The van der Waals surface area contributed by atoms with Crippen molar-refractivity contribution in [2.24, 2.45) is 0 Å². The summed E-state index contributed by atoms with van der Waals surface area (Å²) in [7, 11) is 0. The zero-order valence-electron chi connectivity index (χ0n) is 10.1. The standard InChI is InChI=1S/C13H14FN3O/c1-2-6-17-7-5-15-13(17)8-12(18)11-4-3-10(14)9-16-11/h3-5,7,9H,2,6,8H2,1H3. The van der Waals surface area contributed by atoms with Gasteiger partial charge in [0.05, 0.1) is 12.6 Å². The van der Waals surface area contributed by atoms with Gasteiger partial charge in [0.25, 0.3) is 0 Å². The molecule has 18 heavy (non-hydrogen) atoms. The molecule has 2 heterocycles. The Labute approximate surface area is 104 Å². The molecule has 0 fully saturated rings. The van der Waals surface area contributed by atoms with Crippen molar-refractivity contribution >= 4 is 5.78 Å². The van der Waals surface area contributed by atoms with E-state index in [1.54, 1.807) is 6.20 Å². The van der Waals surface area contributed by atoms with Gasteiger partial charge in [0.2, 0.25) is 0 Å². The Morgan fingerprint density at radius 3 is 2.89 bits per heavy atom. The summed E-state index contributed by atoms with van der Waals surface area (Å²) in [5, 5.41) is 0. The lowest BCUT2D eigenvalue weighted by Gasteiger charge is -2.05. The maximum absolute atomic E-state index is 12.7. The highest BCUT2D eigenvalue weighted by atomic mass is 19.1. The van der Waals surface area contributed by atoms with Gasteiger partial charge < -0.3 is 4.57 Å². The molecule has 94 valence electrons. The lowest BCUT2D eigenvalue weighted by molar-refractivity contribution is 0.0985. The molecule has 0 N–H and O–H groups in total. The van der Waals surface area contributed by atoms with Gasteiger partial charge in [0.15, 0.2) is 5.78 Å². The topological polar surface area (TPSA) is 47.8 Å². The molecule has 2 aromatic heterocycles. The second-order valence-corrected chi connectivity index (χ2v) is 4.00. The van der Waals surface area contributed by atoms with E-state index in [4.69, 9.17) is 0 Å². The van der Waals surface area contributed by atoms with E-state index in [0.717, 1.165) is 19.2 Å². The summed E-state index contributed by atoms with van der Waals surface area (Å²) in [5.74, 6) is 0.116. The Bertz CT molecular complexity index is 533. The first kappa shape index (κ1) is 12.4. The van der Waals surface area contributed by atoms with Crippen LogP contribution in [0.2, 0.25) is 0 Å². The summed E-state index contributed by atoms with van der Waals surface area (Å²) in [4.78, 5) is 19.9. The number of ketones is 1. The Kier molecular flexibility index (Phi) is 3.82. The van der Waals surface area contributed by atoms with Gasteiger partial charge in [-0.1, -0.05) is 6.92 Å². The van der Waals surface area contributed by atoms with Crippen molar-refractivity contribution in [2.45, 2.75) is 26.3 Å². The molecule has 2 rings (SSSR count). The van der Waals surface area contributed by atoms with Crippen LogP contribution in [0.5, 0.6) is 0 Å². The van der Waals surface area contributed by atoms with Gasteiger partial charge in [-0.3, -0.25) is 9.78 Å². The van der Waals surface area contributed by atoms with E-state index in [9.17, 15) is 9.18 Å². The number of Topliss-reactive ketones (excluding diaryl/α,β-unsaturated/α-hetero) is 1. The molecule has 0 amide bonds. The minimum absolute atomic E-state index is 0.154. The first-order chi connectivity index (χ1) is 8.70. The van der Waals surface area contributed by atoms with Gasteiger partial charge in [0.1, 0.15) is 17.3 Å². The minimum Gasteiger partial charge on any atom is -0.335 e. The molecule has 0 spiro atoms. The van der Waals surface area contributed by atoms with Crippen LogP contribution in [-0.2, 0) is 13.0 Å². The maximum atomic E-state index is 12.7. The van der Waals surface area contributed by atoms with Crippen LogP contribution < -0.4 is 0 Å². The third kappa shape index (κ3) is 2.80. The Balaban J connectivity index is 2.11. The molecule has 0 aliphatic heterocycles. The largest absolute Gasteiger partial charge is 0.335 e. The van der Waals surface area contributed by atoms with E-state index in [-0.39, 0.29) is 17.9 Å². The predicted octanol–water partition coefficient (Wildman–Crippen LogP) is 2.25. The Morgan fingerprint density at radius 1 is 1.39 bits per heavy atom. The molecule has 5 heteroatoms. The second-order valence-electron chi connectivity index (χ2n) is 4.00. The summed E-state index contributed by atoms with van der Waals surface area (Å²) in [6, 6.07) is 2.63. The van der Waals surface area contributed by atoms with Crippen LogP contribution in [0.1, 0.15) is 29.7 Å². The number of nitrogens with zero attached hydrogens (tertiary/aromatic N) is 3. The molecule has 2 aromatic rings. The van der Waals surface area contributed by atoms with E-state index in [0.29, 0.717) is 5.82 Å². The summed E-state index contributed by atoms with van der Waals surface area (Å²) in [5.41, 5.74) is 0.266. The smallest absolute Gasteiger partial charge is 0.188 e. The van der Waals surface area contributed by atoms with Crippen molar-refractivity contribution in [1.29, 1.82) is 0 Å². The van der Waals surface area contributed by atoms with Crippen LogP contribution in [0, 0.1) is 5.82 Å². The van der Waals surface area contributed by atoms with Crippen molar-refractivity contribution in [3.8, 4) is 0 Å². The summed E-state index contributed by atoms with van der Waals surface area (Å²) in [6.45, 7) is 2.90.